The highest BCUT2D eigenvalue weighted by Gasteiger charge is 2.60. The fourth-order valence-corrected chi connectivity index (χ4v) is 5.72. The van der Waals surface area contributed by atoms with Gasteiger partial charge in [-0.25, -0.2) is 0 Å². The van der Waals surface area contributed by atoms with Crippen molar-refractivity contribution in [2.45, 2.75) is 180 Å². The molecule has 37 heavy (non-hydrogen) atoms. The Hall–Kier alpha value is -0.730. The van der Waals surface area contributed by atoms with Gasteiger partial charge in [-0.1, -0.05) is 96.8 Å². The Balaban J connectivity index is 1.20. The number of hydrogen-bond acceptors (Lipinski definition) is 7. The molecule has 3 fully saturated rings. The first-order chi connectivity index (χ1) is 17.7. The number of fused-ring (bicyclic) bond motifs is 3. The van der Waals surface area contributed by atoms with Crippen molar-refractivity contribution in [1.29, 1.82) is 0 Å². The van der Waals surface area contributed by atoms with E-state index in [0.717, 1.165) is 12.8 Å². The maximum atomic E-state index is 12.4. The molecule has 0 bridgehead atoms. The molecule has 5 atom stereocenters. The highest BCUT2D eigenvalue weighted by molar-refractivity contribution is 5.69. The first-order valence-electron chi connectivity index (χ1n) is 15.2. The summed E-state index contributed by atoms with van der Waals surface area (Å²) in [5.74, 6) is -1.69. The van der Waals surface area contributed by atoms with Crippen molar-refractivity contribution in [2.75, 3.05) is 6.61 Å². The maximum absolute atomic E-state index is 12.4. The van der Waals surface area contributed by atoms with Gasteiger partial charge < -0.3 is 28.4 Å². The van der Waals surface area contributed by atoms with Gasteiger partial charge in [0.1, 0.15) is 31.0 Å². The molecular weight excluding hydrogens is 472 g/mol. The zero-order valence-corrected chi connectivity index (χ0v) is 24.3. The third kappa shape index (κ3) is 10.4. The molecule has 0 unspecified atom stereocenters. The minimum absolute atomic E-state index is 0.130. The van der Waals surface area contributed by atoms with Crippen LogP contribution >= 0.6 is 0 Å². The van der Waals surface area contributed by atoms with Crippen LogP contribution in [0, 0.1) is 0 Å². The number of unbranched alkanes of at least 4 members (excludes halogenated alkanes) is 14. The van der Waals surface area contributed by atoms with Crippen molar-refractivity contribution in [3.8, 4) is 0 Å². The lowest BCUT2D eigenvalue weighted by molar-refractivity contribution is -0.242. The number of ether oxygens (including phenoxy) is 6. The topological polar surface area (TPSA) is 72.5 Å². The summed E-state index contributed by atoms with van der Waals surface area (Å²) < 4.78 is 35.8. The van der Waals surface area contributed by atoms with E-state index in [9.17, 15) is 4.79 Å². The van der Waals surface area contributed by atoms with Crippen LogP contribution in [0.15, 0.2) is 0 Å². The standard InChI is InChI=1S/C30H54O7/c1-6-7-8-9-10-11-12-13-14-15-16-17-18-19-20-21-24(31)32-22-23-25-26(35-29(2,3)34-25)27-28(33-23)37-30(4,5)36-27/h23,25-28H,6-22H2,1-5H3/t23-,25-,26+,27+,28+/m0/s1. The molecule has 3 rings (SSSR count). The molecular formula is C30H54O7. The average molecular weight is 527 g/mol. The summed E-state index contributed by atoms with van der Waals surface area (Å²) >= 11 is 0. The zero-order valence-electron chi connectivity index (χ0n) is 24.3. The third-order valence-electron chi connectivity index (χ3n) is 7.64. The van der Waals surface area contributed by atoms with Crippen LogP contribution in [0.4, 0.5) is 0 Å². The first kappa shape index (κ1) is 30.8. The maximum Gasteiger partial charge on any atom is 0.305 e. The summed E-state index contributed by atoms with van der Waals surface area (Å²) in [6.45, 7) is 9.87. The van der Waals surface area contributed by atoms with Crippen LogP contribution in [-0.4, -0.2) is 54.9 Å². The second-order valence-corrected chi connectivity index (χ2v) is 12.1. The number of carbonyl (C=O) groups excluding carboxylic acids is 1. The van der Waals surface area contributed by atoms with Crippen LogP contribution in [0.3, 0.4) is 0 Å². The van der Waals surface area contributed by atoms with Crippen molar-refractivity contribution in [3.63, 3.8) is 0 Å². The van der Waals surface area contributed by atoms with E-state index in [1.165, 1.54) is 83.5 Å². The van der Waals surface area contributed by atoms with Crippen LogP contribution in [-0.2, 0) is 33.2 Å². The lowest BCUT2D eigenvalue weighted by Crippen LogP contribution is -2.56. The Morgan fingerprint density at radius 3 is 1.65 bits per heavy atom. The normalized spacial score (nSPS) is 29.7. The molecule has 0 aromatic rings. The predicted octanol–water partition coefficient (Wildman–Crippen LogP) is 7.19. The van der Waals surface area contributed by atoms with Gasteiger partial charge in [0.05, 0.1) is 0 Å². The lowest BCUT2D eigenvalue weighted by atomic mass is 9.99. The Morgan fingerprint density at radius 1 is 0.622 bits per heavy atom. The zero-order chi connectivity index (χ0) is 26.7. The van der Waals surface area contributed by atoms with Crippen molar-refractivity contribution < 1.29 is 33.2 Å². The average Bonchev–Trinajstić information content (AvgIpc) is 3.33. The fourth-order valence-electron chi connectivity index (χ4n) is 5.72. The number of carbonyl (C=O) groups is 1. The van der Waals surface area contributed by atoms with Gasteiger partial charge in [0.25, 0.3) is 0 Å². The van der Waals surface area contributed by atoms with Gasteiger partial charge in [-0.05, 0) is 34.1 Å². The molecule has 0 amide bonds. The largest absolute Gasteiger partial charge is 0.463 e. The first-order valence-corrected chi connectivity index (χ1v) is 15.2. The van der Waals surface area contributed by atoms with Gasteiger partial charge in [0.15, 0.2) is 17.9 Å². The summed E-state index contributed by atoms with van der Waals surface area (Å²) in [7, 11) is 0. The molecule has 0 aromatic carbocycles. The molecule has 0 aromatic heterocycles. The summed E-state index contributed by atoms with van der Waals surface area (Å²) in [6.07, 6.45) is 18.0. The quantitative estimate of drug-likeness (QED) is 0.138. The van der Waals surface area contributed by atoms with Crippen molar-refractivity contribution in [1.82, 2.24) is 0 Å². The monoisotopic (exact) mass is 526 g/mol. The molecule has 0 saturated carbocycles. The summed E-state index contributed by atoms with van der Waals surface area (Å²) in [5, 5.41) is 0. The highest BCUT2D eigenvalue weighted by Crippen LogP contribution is 2.44. The molecule has 3 aliphatic rings. The van der Waals surface area contributed by atoms with Gasteiger partial charge in [-0.3, -0.25) is 4.79 Å². The Bertz CT molecular complexity index is 664. The molecule has 3 aliphatic heterocycles. The Labute approximate surface area is 225 Å². The molecule has 7 nitrogen and oxygen atoms in total. The number of hydrogen-bond donors (Lipinski definition) is 0. The van der Waals surface area contributed by atoms with Gasteiger partial charge in [-0.2, -0.15) is 0 Å². The van der Waals surface area contributed by atoms with E-state index in [1.54, 1.807) is 0 Å². The van der Waals surface area contributed by atoms with E-state index < -0.39 is 24.0 Å². The molecule has 7 heteroatoms. The van der Waals surface area contributed by atoms with E-state index in [-0.39, 0.29) is 30.9 Å². The van der Waals surface area contributed by atoms with Crippen LogP contribution in [0.5, 0.6) is 0 Å². The molecule has 3 saturated heterocycles. The Kier molecular flexibility index (Phi) is 12.6. The predicted molar refractivity (Wildman–Crippen MR) is 143 cm³/mol. The van der Waals surface area contributed by atoms with E-state index >= 15 is 0 Å². The minimum Gasteiger partial charge on any atom is -0.463 e. The van der Waals surface area contributed by atoms with E-state index in [4.69, 9.17) is 28.4 Å². The Morgan fingerprint density at radius 2 is 1.08 bits per heavy atom. The summed E-state index contributed by atoms with van der Waals surface area (Å²) in [4.78, 5) is 12.4. The molecule has 0 N–H and O–H groups in total. The summed E-state index contributed by atoms with van der Waals surface area (Å²) in [5.41, 5.74) is 0. The third-order valence-corrected chi connectivity index (χ3v) is 7.64. The van der Waals surface area contributed by atoms with Gasteiger partial charge in [-0.15, -0.1) is 0 Å². The highest BCUT2D eigenvalue weighted by atomic mass is 16.9. The van der Waals surface area contributed by atoms with Gasteiger partial charge >= 0.3 is 5.97 Å². The number of esters is 1. The van der Waals surface area contributed by atoms with Crippen LogP contribution in [0.25, 0.3) is 0 Å². The molecule has 216 valence electrons. The van der Waals surface area contributed by atoms with Crippen molar-refractivity contribution >= 4 is 5.97 Å². The minimum atomic E-state index is -0.755. The van der Waals surface area contributed by atoms with Crippen molar-refractivity contribution in [3.05, 3.63) is 0 Å². The fraction of sp³-hybridized carbons (Fsp3) is 0.967. The van der Waals surface area contributed by atoms with E-state index in [0.29, 0.717) is 6.42 Å². The SMILES string of the molecule is CCCCCCCCCCCCCCCCCC(=O)OC[C@@H]1O[C@@H]2OC(C)(C)O[C@@H]2[C@@H]2OC(C)(C)O[C@H]21. The number of rotatable bonds is 18. The summed E-state index contributed by atoms with van der Waals surface area (Å²) in [6, 6.07) is 0. The molecule has 0 aliphatic carbocycles. The second-order valence-electron chi connectivity index (χ2n) is 12.1. The molecule has 0 radical (unpaired) electrons. The van der Waals surface area contributed by atoms with E-state index in [1.807, 2.05) is 27.7 Å². The van der Waals surface area contributed by atoms with Crippen LogP contribution in [0.2, 0.25) is 0 Å². The lowest BCUT2D eigenvalue weighted by Gasteiger charge is -2.36. The smallest absolute Gasteiger partial charge is 0.305 e. The van der Waals surface area contributed by atoms with Gasteiger partial charge in [0, 0.05) is 6.42 Å². The second kappa shape index (κ2) is 15.2. The van der Waals surface area contributed by atoms with Crippen LogP contribution < -0.4 is 0 Å². The van der Waals surface area contributed by atoms with Gasteiger partial charge in [0.2, 0.25) is 0 Å². The van der Waals surface area contributed by atoms with Crippen LogP contribution in [0.1, 0.15) is 137 Å². The van der Waals surface area contributed by atoms with E-state index in [2.05, 4.69) is 6.92 Å². The van der Waals surface area contributed by atoms with Crippen molar-refractivity contribution in [2.24, 2.45) is 0 Å². The molecule has 0 spiro atoms. The molecule has 3 heterocycles.